The van der Waals surface area contributed by atoms with Gasteiger partial charge in [0.25, 0.3) is 0 Å². The molecule has 0 amide bonds. The van der Waals surface area contributed by atoms with Crippen LogP contribution in [0.3, 0.4) is 0 Å². The molecule has 5 heteroatoms. The summed E-state index contributed by atoms with van der Waals surface area (Å²) in [6.07, 6.45) is 1.69. The van der Waals surface area contributed by atoms with E-state index in [1.807, 2.05) is 12.3 Å². The van der Waals surface area contributed by atoms with Gasteiger partial charge in [-0.15, -0.1) is 11.3 Å². The second kappa shape index (κ2) is 7.19. The Hall–Kier alpha value is -0.490. The molecule has 2 atom stereocenters. The molecule has 1 aromatic rings. The van der Waals surface area contributed by atoms with Gasteiger partial charge in [-0.2, -0.15) is 0 Å². The quantitative estimate of drug-likeness (QED) is 0.790. The summed E-state index contributed by atoms with van der Waals surface area (Å²) in [5.41, 5.74) is 6.72. The average molecular weight is 272 g/mol. The number of aromatic nitrogens is 1. The van der Waals surface area contributed by atoms with Gasteiger partial charge in [0.1, 0.15) is 10.6 Å². The monoisotopic (exact) mass is 272 g/mol. The SMILES string of the molecule is CCOC(C)(CC)c1nc(C(N)CCOC)cs1. The number of nitrogens with zero attached hydrogens (tertiary/aromatic N) is 1. The van der Waals surface area contributed by atoms with E-state index < -0.39 is 0 Å². The molecule has 1 heterocycles. The highest BCUT2D eigenvalue weighted by Gasteiger charge is 2.29. The summed E-state index contributed by atoms with van der Waals surface area (Å²) in [5, 5.41) is 3.04. The highest BCUT2D eigenvalue weighted by atomic mass is 32.1. The molecule has 18 heavy (non-hydrogen) atoms. The van der Waals surface area contributed by atoms with Crippen molar-refractivity contribution in [2.24, 2.45) is 5.73 Å². The van der Waals surface area contributed by atoms with Crippen LogP contribution >= 0.6 is 11.3 Å². The second-order valence-corrected chi connectivity index (χ2v) is 5.34. The Balaban J connectivity index is 2.78. The van der Waals surface area contributed by atoms with Crippen LogP contribution in [0.15, 0.2) is 5.38 Å². The van der Waals surface area contributed by atoms with E-state index in [0.717, 1.165) is 23.5 Å². The number of nitrogens with two attached hydrogens (primary N) is 1. The van der Waals surface area contributed by atoms with E-state index in [4.69, 9.17) is 15.2 Å². The van der Waals surface area contributed by atoms with Crippen LogP contribution in [0.5, 0.6) is 0 Å². The van der Waals surface area contributed by atoms with Crippen molar-refractivity contribution in [1.82, 2.24) is 4.98 Å². The molecule has 0 saturated heterocycles. The van der Waals surface area contributed by atoms with E-state index in [9.17, 15) is 0 Å². The Morgan fingerprint density at radius 1 is 1.50 bits per heavy atom. The minimum absolute atomic E-state index is 0.0577. The largest absolute Gasteiger partial charge is 0.385 e. The third kappa shape index (κ3) is 3.75. The van der Waals surface area contributed by atoms with Crippen molar-refractivity contribution in [3.8, 4) is 0 Å². The Morgan fingerprint density at radius 2 is 2.22 bits per heavy atom. The number of rotatable bonds is 8. The molecule has 4 nitrogen and oxygen atoms in total. The first kappa shape index (κ1) is 15.6. The van der Waals surface area contributed by atoms with Crippen molar-refractivity contribution < 1.29 is 9.47 Å². The summed E-state index contributed by atoms with van der Waals surface area (Å²) >= 11 is 1.63. The zero-order chi connectivity index (χ0) is 13.6. The molecule has 1 rings (SSSR count). The maximum absolute atomic E-state index is 6.08. The molecule has 0 aliphatic rings. The van der Waals surface area contributed by atoms with Crippen LogP contribution in [0.4, 0.5) is 0 Å². The zero-order valence-electron chi connectivity index (χ0n) is 11.7. The lowest BCUT2D eigenvalue weighted by Gasteiger charge is -2.25. The first-order valence-corrected chi connectivity index (χ1v) is 7.29. The van der Waals surface area contributed by atoms with Gasteiger partial charge in [0.15, 0.2) is 0 Å². The first-order chi connectivity index (χ1) is 8.57. The standard InChI is InChI=1S/C13H24N2O2S/c1-5-13(3,17-6-2)12-15-11(9-18-12)10(14)7-8-16-4/h9-10H,5-8,14H2,1-4H3. The molecule has 0 fully saturated rings. The molecule has 0 aromatic carbocycles. The normalized spacial score (nSPS) is 16.5. The van der Waals surface area contributed by atoms with E-state index in [1.165, 1.54) is 0 Å². The molecule has 2 unspecified atom stereocenters. The minimum atomic E-state index is -0.293. The number of ether oxygens (including phenoxy) is 2. The summed E-state index contributed by atoms with van der Waals surface area (Å²) in [5.74, 6) is 0. The fourth-order valence-electron chi connectivity index (χ4n) is 1.73. The number of hydrogen-bond acceptors (Lipinski definition) is 5. The predicted octanol–water partition coefficient (Wildman–Crippen LogP) is 2.84. The van der Waals surface area contributed by atoms with E-state index in [0.29, 0.717) is 13.2 Å². The molecular formula is C13H24N2O2S. The topological polar surface area (TPSA) is 57.4 Å². The second-order valence-electron chi connectivity index (χ2n) is 4.48. The van der Waals surface area contributed by atoms with Crippen LogP contribution in [-0.4, -0.2) is 25.3 Å². The Labute approximate surface area is 114 Å². The molecule has 0 spiro atoms. The fraction of sp³-hybridized carbons (Fsp3) is 0.769. The van der Waals surface area contributed by atoms with Crippen LogP contribution in [-0.2, 0) is 15.1 Å². The average Bonchev–Trinajstić information content (AvgIpc) is 2.86. The third-order valence-electron chi connectivity index (χ3n) is 3.12. The summed E-state index contributed by atoms with van der Waals surface area (Å²) in [4.78, 5) is 4.64. The molecule has 0 radical (unpaired) electrons. The van der Waals surface area contributed by atoms with Gasteiger partial charge >= 0.3 is 0 Å². The predicted molar refractivity (Wildman–Crippen MR) is 74.8 cm³/mol. The van der Waals surface area contributed by atoms with Crippen LogP contribution in [0, 0.1) is 0 Å². The van der Waals surface area contributed by atoms with Gasteiger partial charge in [-0.3, -0.25) is 0 Å². The lowest BCUT2D eigenvalue weighted by molar-refractivity contribution is -0.0325. The lowest BCUT2D eigenvalue weighted by atomic mass is 10.0. The minimum Gasteiger partial charge on any atom is -0.385 e. The Bertz CT molecular complexity index is 357. The van der Waals surface area contributed by atoms with Gasteiger partial charge in [0.05, 0.1) is 11.7 Å². The third-order valence-corrected chi connectivity index (χ3v) is 4.23. The van der Waals surface area contributed by atoms with E-state index in [2.05, 4.69) is 18.8 Å². The fourth-order valence-corrected chi connectivity index (χ4v) is 2.80. The van der Waals surface area contributed by atoms with Crippen molar-refractivity contribution in [3.63, 3.8) is 0 Å². The zero-order valence-corrected chi connectivity index (χ0v) is 12.5. The molecule has 0 saturated carbocycles. The van der Waals surface area contributed by atoms with Gasteiger partial charge in [0.2, 0.25) is 0 Å². The molecule has 2 N–H and O–H groups in total. The summed E-state index contributed by atoms with van der Waals surface area (Å²) < 4.78 is 10.9. The van der Waals surface area contributed by atoms with Crippen LogP contribution in [0.2, 0.25) is 0 Å². The highest BCUT2D eigenvalue weighted by molar-refractivity contribution is 7.09. The molecular weight excluding hydrogens is 248 g/mol. The van der Waals surface area contributed by atoms with Gasteiger partial charge in [-0.05, 0) is 26.7 Å². The van der Waals surface area contributed by atoms with Gasteiger partial charge in [-0.25, -0.2) is 4.98 Å². The van der Waals surface area contributed by atoms with Gasteiger partial charge in [-0.1, -0.05) is 6.92 Å². The molecule has 104 valence electrons. The Morgan fingerprint density at radius 3 is 2.78 bits per heavy atom. The van der Waals surface area contributed by atoms with Crippen molar-refractivity contribution in [2.75, 3.05) is 20.3 Å². The number of thiazole rings is 1. The molecule has 0 aliphatic heterocycles. The molecule has 1 aromatic heterocycles. The maximum atomic E-state index is 6.08. The van der Waals surface area contributed by atoms with E-state index in [-0.39, 0.29) is 11.6 Å². The van der Waals surface area contributed by atoms with Crippen molar-refractivity contribution in [2.45, 2.75) is 45.3 Å². The smallest absolute Gasteiger partial charge is 0.125 e. The summed E-state index contributed by atoms with van der Waals surface area (Å²) in [7, 11) is 1.68. The maximum Gasteiger partial charge on any atom is 0.125 e. The van der Waals surface area contributed by atoms with Crippen LogP contribution < -0.4 is 5.73 Å². The number of methoxy groups -OCH3 is 1. The highest BCUT2D eigenvalue weighted by Crippen LogP contribution is 2.32. The molecule has 0 bridgehead atoms. The summed E-state index contributed by atoms with van der Waals surface area (Å²) in [6, 6.07) is -0.0577. The lowest BCUT2D eigenvalue weighted by Crippen LogP contribution is -2.25. The first-order valence-electron chi connectivity index (χ1n) is 6.41. The van der Waals surface area contributed by atoms with Crippen molar-refractivity contribution >= 4 is 11.3 Å². The Kier molecular flexibility index (Phi) is 6.21. The molecule has 0 aliphatic carbocycles. The van der Waals surface area contributed by atoms with Gasteiger partial charge in [0, 0.05) is 25.7 Å². The van der Waals surface area contributed by atoms with Crippen LogP contribution in [0.1, 0.15) is 50.4 Å². The number of hydrogen-bond donors (Lipinski definition) is 1. The van der Waals surface area contributed by atoms with Crippen molar-refractivity contribution in [1.29, 1.82) is 0 Å². The van der Waals surface area contributed by atoms with Gasteiger partial charge < -0.3 is 15.2 Å². The summed E-state index contributed by atoms with van der Waals surface area (Å²) in [6.45, 7) is 7.55. The van der Waals surface area contributed by atoms with Crippen molar-refractivity contribution in [3.05, 3.63) is 16.1 Å². The van der Waals surface area contributed by atoms with Crippen LogP contribution in [0.25, 0.3) is 0 Å². The van der Waals surface area contributed by atoms with E-state index >= 15 is 0 Å². The van der Waals surface area contributed by atoms with E-state index in [1.54, 1.807) is 18.4 Å².